The Kier molecular flexibility index (Phi) is 4.25. The van der Waals surface area contributed by atoms with E-state index in [1.807, 2.05) is 60.7 Å². The predicted molar refractivity (Wildman–Crippen MR) is 104 cm³/mol. The molecule has 0 saturated carbocycles. The van der Waals surface area contributed by atoms with E-state index in [2.05, 4.69) is 0 Å². The van der Waals surface area contributed by atoms with Crippen molar-refractivity contribution in [3.8, 4) is 0 Å². The van der Waals surface area contributed by atoms with Gasteiger partial charge in [0.05, 0.1) is 5.92 Å². The molecule has 0 heterocycles. The Morgan fingerprint density at radius 2 is 1.37 bits per heavy atom. The molecule has 0 amide bonds. The molecular formula is C24H19FO2. The van der Waals surface area contributed by atoms with Crippen molar-refractivity contribution in [3.05, 3.63) is 107 Å². The number of allylic oxidation sites excluding steroid dienone is 1. The first kappa shape index (κ1) is 17.4. The maximum Gasteiger partial charge on any atom is 0.170 e. The molecule has 2 nitrogen and oxygen atoms in total. The first-order chi connectivity index (χ1) is 13.0. The lowest BCUT2D eigenvalue weighted by molar-refractivity contribution is -0.121. The molecular weight excluding hydrogens is 339 g/mol. The minimum atomic E-state index is -1.45. The molecule has 1 aliphatic carbocycles. The Labute approximate surface area is 157 Å². The van der Waals surface area contributed by atoms with Gasteiger partial charge in [0.2, 0.25) is 0 Å². The fourth-order valence-electron chi connectivity index (χ4n) is 3.90. The third-order valence-corrected chi connectivity index (χ3v) is 5.31. The van der Waals surface area contributed by atoms with Gasteiger partial charge in [-0.2, -0.15) is 0 Å². The van der Waals surface area contributed by atoms with Crippen molar-refractivity contribution in [2.75, 3.05) is 0 Å². The van der Waals surface area contributed by atoms with Crippen molar-refractivity contribution < 1.29 is 14.3 Å². The summed E-state index contributed by atoms with van der Waals surface area (Å²) in [4.78, 5) is 13.3. The minimum absolute atomic E-state index is 0.146. The highest BCUT2D eigenvalue weighted by Gasteiger charge is 2.52. The van der Waals surface area contributed by atoms with Crippen LogP contribution >= 0.6 is 0 Å². The van der Waals surface area contributed by atoms with Gasteiger partial charge in [0.15, 0.2) is 5.78 Å². The number of hydrogen-bond acceptors (Lipinski definition) is 2. The van der Waals surface area contributed by atoms with Crippen LogP contribution in [0.3, 0.4) is 0 Å². The van der Waals surface area contributed by atoms with Crippen LogP contribution in [0.5, 0.6) is 0 Å². The highest BCUT2D eigenvalue weighted by molar-refractivity contribution is 6.33. The van der Waals surface area contributed by atoms with E-state index in [0.717, 1.165) is 5.56 Å². The number of rotatable bonds is 3. The average molecular weight is 358 g/mol. The van der Waals surface area contributed by atoms with Crippen molar-refractivity contribution in [2.24, 2.45) is 5.92 Å². The van der Waals surface area contributed by atoms with Crippen LogP contribution in [0.15, 0.2) is 84.9 Å². The van der Waals surface area contributed by atoms with E-state index in [0.29, 0.717) is 22.3 Å². The fourth-order valence-corrected chi connectivity index (χ4v) is 3.90. The average Bonchev–Trinajstić information content (AvgIpc) is 2.92. The number of carbonyl (C=O) groups excluding carboxylic acids is 1. The summed E-state index contributed by atoms with van der Waals surface area (Å²) in [5, 5.41) is 11.8. The molecule has 0 spiro atoms. The first-order valence-electron chi connectivity index (χ1n) is 8.91. The van der Waals surface area contributed by atoms with Gasteiger partial charge in [0, 0.05) is 11.1 Å². The minimum Gasteiger partial charge on any atom is -0.380 e. The second-order valence-electron chi connectivity index (χ2n) is 6.84. The molecule has 2 atom stereocenters. The van der Waals surface area contributed by atoms with Gasteiger partial charge < -0.3 is 5.11 Å². The van der Waals surface area contributed by atoms with E-state index >= 15 is 0 Å². The molecule has 1 N–H and O–H groups in total. The number of benzene rings is 3. The molecule has 0 aromatic heterocycles. The molecule has 3 aromatic rings. The van der Waals surface area contributed by atoms with Crippen molar-refractivity contribution >= 4 is 16.9 Å². The van der Waals surface area contributed by atoms with E-state index in [-0.39, 0.29) is 11.6 Å². The van der Waals surface area contributed by atoms with Crippen LogP contribution in [-0.2, 0) is 10.4 Å². The highest BCUT2D eigenvalue weighted by Crippen LogP contribution is 2.52. The van der Waals surface area contributed by atoms with Crippen molar-refractivity contribution in [2.45, 2.75) is 12.5 Å². The molecule has 134 valence electrons. The van der Waals surface area contributed by atoms with Crippen molar-refractivity contribution in [1.82, 2.24) is 0 Å². The van der Waals surface area contributed by atoms with E-state index in [1.165, 1.54) is 12.1 Å². The summed E-state index contributed by atoms with van der Waals surface area (Å²) in [5.74, 6) is -1.17. The number of ketones is 1. The van der Waals surface area contributed by atoms with Gasteiger partial charge in [0.1, 0.15) is 11.4 Å². The lowest BCUT2D eigenvalue weighted by Crippen LogP contribution is -2.33. The Balaban J connectivity index is 2.05. The van der Waals surface area contributed by atoms with Crippen molar-refractivity contribution in [1.29, 1.82) is 0 Å². The molecule has 3 aromatic carbocycles. The maximum atomic E-state index is 13.4. The lowest BCUT2D eigenvalue weighted by atomic mass is 9.78. The van der Waals surface area contributed by atoms with Crippen LogP contribution < -0.4 is 0 Å². The molecule has 3 heteroatoms. The molecule has 1 aliphatic rings. The summed E-state index contributed by atoms with van der Waals surface area (Å²) >= 11 is 0. The fraction of sp³-hybridized carbons (Fsp3) is 0.125. The maximum absolute atomic E-state index is 13.4. The van der Waals surface area contributed by atoms with Crippen LogP contribution in [-0.4, -0.2) is 10.9 Å². The number of hydrogen-bond donors (Lipinski definition) is 1. The second-order valence-corrected chi connectivity index (χ2v) is 6.84. The van der Waals surface area contributed by atoms with Crippen molar-refractivity contribution in [3.63, 3.8) is 0 Å². The SMILES string of the molecule is C[C@H]1C(=O)C(c2ccc(F)cc2)=C(c2ccccc2)[C@]1(O)c1ccccc1. The van der Waals surface area contributed by atoms with Crippen LogP contribution in [0.4, 0.5) is 4.39 Å². The van der Waals surface area contributed by atoms with Crippen LogP contribution in [0.1, 0.15) is 23.6 Å². The van der Waals surface area contributed by atoms with E-state index in [1.54, 1.807) is 19.1 Å². The summed E-state index contributed by atoms with van der Waals surface area (Å²) in [7, 11) is 0. The zero-order valence-electron chi connectivity index (χ0n) is 14.9. The molecule has 0 bridgehead atoms. The number of aliphatic hydroxyl groups is 1. The molecule has 0 saturated heterocycles. The van der Waals surface area contributed by atoms with Gasteiger partial charge in [-0.25, -0.2) is 4.39 Å². The van der Waals surface area contributed by atoms with Gasteiger partial charge in [-0.3, -0.25) is 4.79 Å². The topological polar surface area (TPSA) is 37.3 Å². The third-order valence-electron chi connectivity index (χ3n) is 5.31. The normalized spacial score (nSPS) is 22.3. The summed E-state index contributed by atoms with van der Waals surface area (Å²) in [6, 6.07) is 24.5. The molecule has 0 unspecified atom stereocenters. The second kappa shape index (κ2) is 6.60. The zero-order chi connectivity index (χ0) is 19.0. The third kappa shape index (κ3) is 2.71. The number of Topliss-reactive ketones (excluding diaryl/α,β-unsaturated/α-hetero) is 1. The Morgan fingerprint density at radius 3 is 1.96 bits per heavy atom. The Morgan fingerprint density at radius 1 is 0.815 bits per heavy atom. The smallest absolute Gasteiger partial charge is 0.170 e. The molecule has 4 rings (SSSR count). The predicted octanol–water partition coefficient (Wildman–Crippen LogP) is 4.84. The monoisotopic (exact) mass is 358 g/mol. The number of carbonyl (C=O) groups is 1. The van der Waals surface area contributed by atoms with Crippen LogP contribution in [0, 0.1) is 11.7 Å². The highest BCUT2D eigenvalue weighted by atomic mass is 19.1. The van der Waals surface area contributed by atoms with Gasteiger partial charge in [0.25, 0.3) is 0 Å². The lowest BCUT2D eigenvalue weighted by Gasteiger charge is -2.31. The quantitative estimate of drug-likeness (QED) is 0.727. The van der Waals surface area contributed by atoms with Crippen LogP contribution in [0.25, 0.3) is 11.1 Å². The Bertz CT molecular complexity index is 1010. The standard InChI is InChI=1S/C24H19FO2/c1-16-23(26)21(17-12-14-20(25)15-13-17)22(18-8-4-2-5-9-18)24(16,27)19-10-6-3-7-11-19/h2-16,27H,1H3/t16-,24+/m0/s1. The summed E-state index contributed by atoms with van der Waals surface area (Å²) in [5.41, 5.74) is 1.61. The number of halogens is 1. The van der Waals surface area contributed by atoms with E-state index in [9.17, 15) is 14.3 Å². The van der Waals surface area contributed by atoms with Gasteiger partial charge in [-0.1, -0.05) is 79.7 Å². The molecule has 0 radical (unpaired) electrons. The van der Waals surface area contributed by atoms with Crippen LogP contribution in [0.2, 0.25) is 0 Å². The largest absolute Gasteiger partial charge is 0.380 e. The van der Waals surface area contributed by atoms with Gasteiger partial charge >= 0.3 is 0 Å². The van der Waals surface area contributed by atoms with Gasteiger partial charge in [-0.15, -0.1) is 0 Å². The summed E-state index contributed by atoms with van der Waals surface area (Å²) < 4.78 is 13.4. The van der Waals surface area contributed by atoms with E-state index in [4.69, 9.17) is 0 Å². The Hall–Kier alpha value is -3.04. The first-order valence-corrected chi connectivity index (χ1v) is 8.91. The molecule has 0 aliphatic heterocycles. The molecule has 0 fully saturated rings. The van der Waals surface area contributed by atoms with E-state index < -0.39 is 11.5 Å². The van der Waals surface area contributed by atoms with Gasteiger partial charge in [-0.05, 0) is 28.8 Å². The summed E-state index contributed by atoms with van der Waals surface area (Å²) in [6.07, 6.45) is 0. The summed E-state index contributed by atoms with van der Waals surface area (Å²) in [6.45, 7) is 1.74. The zero-order valence-corrected chi connectivity index (χ0v) is 14.9. The molecule has 27 heavy (non-hydrogen) atoms.